The van der Waals surface area contributed by atoms with Gasteiger partial charge in [0.2, 0.25) is 11.2 Å². The van der Waals surface area contributed by atoms with Gasteiger partial charge in [0.05, 0.1) is 0 Å². The van der Waals surface area contributed by atoms with Gasteiger partial charge in [-0.3, -0.25) is 0 Å². The monoisotopic (exact) mass is 238 g/mol. The molecule has 0 aliphatic heterocycles. The van der Waals surface area contributed by atoms with E-state index in [1.807, 2.05) is 0 Å². The first-order valence-corrected chi connectivity index (χ1v) is 4.87. The number of anilines is 1. The van der Waals surface area contributed by atoms with Crippen LogP contribution in [0.4, 0.5) is 10.3 Å². The Labute approximate surface area is 96.3 Å². The molecule has 0 atom stereocenters. The van der Waals surface area contributed by atoms with Crippen LogP contribution in [0.2, 0.25) is 5.28 Å². The molecule has 1 aromatic heterocycles. The van der Waals surface area contributed by atoms with E-state index in [1.165, 1.54) is 6.07 Å². The zero-order valence-corrected chi connectivity index (χ0v) is 9.16. The molecule has 0 bridgehead atoms. The van der Waals surface area contributed by atoms with Crippen LogP contribution in [-0.2, 0) is 0 Å². The summed E-state index contributed by atoms with van der Waals surface area (Å²) in [5.74, 6) is -0.0556. The first kappa shape index (κ1) is 10.8. The fourth-order valence-corrected chi connectivity index (χ4v) is 1.39. The number of nitrogens with zero attached hydrogens (tertiary/aromatic N) is 3. The van der Waals surface area contributed by atoms with Crippen molar-refractivity contribution < 1.29 is 4.39 Å². The van der Waals surface area contributed by atoms with E-state index >= 15 is 0 Å². The number of hydrogen-bond donors (Lipinski definition) is 1. The summed E-state index contributed by atoms with van der Waals surface area (Å²) in [6.07, 6.45) is 0. The van der Waals surface area contributed by atoms with E-state index < -0.39 is 0 Å². The van der Waals surface area contributed by atoms with Crippen molar-refractivity contribution in [2.24, 2.45) is 0 Å². The Morgan fingerprint density at radius 1 is 1.25 bits per heavy atom. The van der Waals surface area contributed by atoms with Gasteiger partial charge in [0.15, 0.2) is 5.82 Å². The van der Waals surface area contributed by atoms with E-state index in [9.17, 15) is 4.39 Å². The van der Waals surface area contributed by atoms with Crippen LogP contribution in [0.15, 0.2) is 18.2 Å². The Bertz CT molecular complexity index is 524. The Balaban J connectivity index is 2.54. The molecule has 0 saturated carbocycles. The molecule has 1 heterocycles. The van der Waals surface area contributed by atoms with Gasteiger partial charge in [-0.15, -0.1) is 0 Å². The van der Waals surface area contributed by atoms with Gasteiger partial charge in [0, 0.05) is 5.56 Å². The maximum Gasteiger partial charge on any atom is 0.227 e. The fourth-order valence-electron chi connectivity index (χ4n) is 1.23. The van der Waals surface area contributed by atoms with Gasteiger partial charge in [-0.1, -0.05) is 12.1 Å². The average molecular weight is 239 g/mol. The molecule has 2 rings (SSSR count). The number of benzene rings is 1. The number of nitrogens with two attached hydrogens (primary N) is 1. The third-order valence-electron chi connectivity index (χ3n) is 2.06. The van der Waals surface area contributed by atoms with Crippen molar-refractivity contribution >= 4 is 17.5 Å². The first-order chi connectivity index (χ1) is 7.56. The standard InChI is InChI=1S/C10H8ClFN4/c1-5-2-3-6(4-7(5)12)8-14-9(11)16-10(13)15-8/h2-4H,1H3,(H2,13,14,15,16). The molecule has 16 heavy (non-hydrogen) atoms. The van der Waals surface area contributed by atoms with Crippen molar-refractivity contribution in [3.05, 3.63) is 34.9 Å². The Kier molecular flexibility index (Phi) is 2.70. The summed E-state index contributed by atoms with van der Waals surface area (Å²) in [5, 5.41) is -0.0107. The van der Waals surface area contributed by atoms with Crippen LogP contribution in [-0.4, -0.2) is 15.0 Å². The van der Waals surface area contributed by atoms with Crippen molar-refractivity contribution in [3.63, 3.8) is 0 Å². The van der Waals surface area contributed by atoms with E-state index in [0.29, 0.717) is 11.1 Å². The maximum absolute atomic E-state index is 13.3. The highest BCUT2D eigenvalue weighted by Crippen LogP contribution is 2.19. The molecule has 1 aromatic carbocycles. The Morgan fingerprint density at radius 3 is 2.62 bits per heavy atom. The summed E-state index contributed by atoms with van der Waals surface area (Å²) in [6, 6.07) is 4.67. The largest absolute Gasteiger partial charge is 0.368 e. The first-order valence-electron chi connectivity index (χ1n) is 4.50. The second-order valence-corrected chi connectivity index (χ2v) is 3.59. The van der Waals surface area contributed by atoms with E-state index in [0.717, 1.165) is 0 Å². The van der Waals surface area contributed by atoms with Gasteiger partial charge >= 0.3 is 0 Å². The normalized spacial score (nSPS) is 10.4. The quantitative estimate of drug-likeness (QED) is 0.827. The zero-order chi connectivity index (χ0) is 11.7. The summed E-state index contributed by atoms with van der Waals surface area (Å²) in [6.45, 7) is 1.67. The van der Waals surface area contributed by atoms with Crippen molar-refractivity contribution in [3.8, 4) is 11.4 Å². The van der Waals surface area contributed by atoms with Crippen molar-refractivity contribution in [1.29, 1.82) is 0 Å². The fraction of sp³-hybridized carbons (Fsp3) is 0.100. The lowest BCUT2D eigenvalue weighted by Crippen LogP contribution is -2.00. The maximum atomic E-state index is 13.3. The molecule has 0 fully saturated rings. The molecular formula is C10H8ClFN4. The van der Waals surface area contributed by atoms with Gasteiger partial charge in [-0.2, -0.15) is 15.0 Å². The van der Waals surface area contributed by atoms with Crippen LogP contribution < -0.4 is 5.73 Å². The molecule has 0 radical (unpaired) electrons. The number of halogens is 2. The summed E-state index contributed by atoms with van der Waals surface area (Å²) in [7, 11) is 0. The number of rotatable bonds is 1. The molecule has 82 valence electrons. The number of nitrogen functional groups attached to an aromatic ring is 1. The van der Waals surface area contributed by atoms with E-state index in [4.69, 9.17) is 17.3 Å². The minimum atomic E-state index is -0.326. The highest BCUT2D eigenvalue weighted by molar-refractivity contribution is 6.28. The Morgan fingerprint density at radius 2 is 2.00 bits per heavy atom. The molecule has 0 aliphatic rings. The van der Waals surface area contributed by atoms with Crippen molar-refractivity contribution in [1.82, 2.24) is 15.0 Å². The van der Waals surface area contributed by atoms with Crippen LogP contribution in [0.1, 0.15) is 5.56 Å². The lowest BCUT2D eigenvalue weighted by atomic mass is 10.1. The van der Waals surface area contributed by atoms with Crippen molar-refractivity contribution in [2.45, 2.75) is 6.92 Å². The van der Waals surface area contributed by atoms with E-state index in [1.54, 1.807) is 19.1 Å². The molecule has 2 aromatic rings. The Hall–Kier alpha value is -1.75. The van der Waals surface area contributed by atoms with Crippen LogP contribution in [0, 0.1) is 12.7 Å². The molecule has 6 heteroatoms. The second-order valence-electron chi connectivity index (χ2n) is 3.25. The van der Waals surface area contributed by atoms with Gasteiger partial charge in [0.25, 0.3) is 0 Å². The molecular weight excluding hydrogens is 231 g/mol. The molecule has 0 spiro atoms. The third-order valence-corrected chi connectivity index (χ3v) is 2.22. The van der Waals surface area contributed by atoms with Gasteiger partial charge < -0.3 is 5.73 Å². The van der Waals surface area contributed by atoms with Crippen LogP contribution >= 0.6 is 11.6 Å². The van der Waals surface area contributed by atoms with E-state index in [2.05, 4.69) is 15.0 Å². The molecule has 0 saturated heterocycles. The topological polar surface area (TPSA) is 64.7 Å². The van der Waals surface area contributed by atoms with Crippen LogP contribution in [0.5, 0.6) is 0 Å². The summed E-state index contributed by atoms with van der Waals surface area (Å²) >= 11 is 5.64. The number of hydrogen-bond acceptors (Lipinski definition) is 4. The predicted molar refractivity (Wildman–Crippen MR) is 59.4 cm³/mol. The minimum Gasteiger partial charge on any atom is -0.368 e. The van der Waals surface area contributed by atoms with Crippen molar-refractivity contribution in [2.75, 3.05) is 5.73 Å². The third kappa shape index (κ3) is 2.09. The zero-order valence-electron chi connectivity index (χ0n) is 8.41. The molecule has 0 amide bonds. The van der Waals surface area contributed by atoms with Gasteiger partial charge in [-0.25, -0.2) is 4.39 Å². The molecule has 2 N–H and O–H groups in total. The lowest BCUT2D eigenvalue weighted by Gasteiger charge is -2.02. The number of aromatic nitrogens is 3. The van der Waals surface area contributed by atoms with Gasteiger partial charge in [-0.05, 0) is 30.2 Å². The molecule has 0 aliphatic carbocycles. The number of aryl methyl sites for hydroxylation is 1. The smallest absolute Gasteiger partial charge is 0.227 e. The van der Waals surface area contributed by atoms with E-state index in [-0.39, 0.29) is 22.9 Å². The molecule has 0 unspecified atom stereocenters. The summed E-state index contributed by atoms with van der Waals surface area (Å²) < 4.78 is 13.3. The average Bonchev–Trinajstić information content (AvgIpc) is 2.20. The van der Waals surface area contributed by atoms with Crippen LogP contribution in [0.3, 0.4) is 0 Å². The van der Waals surface area contributed by atoms with Gasteiger partial charge in [0.1, 0.15) is 5.82 Å². The summed E-state index contributed by atoms with van der Waals surface area (Å²) in [4.78, 5) is 11.4. The predicted octanol–water partition coefficient (Wildman–Crippen LogP) is 2.22. The van der Waals surface area contributed by atoms with Crippen LogP contribution in [0.25, 0.3) is 11.4 Å². The highest BCUT2D eigenvalue weighted by Gasteiger charge is 2.07. The molecule has 4 nitrogen and oxygen atoms in total. The second kappa shape index (κ2) is 4.02. The minimum absolute atomic E-state index is 0.0102. The highest BCUT2D eigenvalue weighted by atomic mass is 35.5. The SMILES string of the molecule is Cc1ccc(-c2nc(N)nc(Cl)n2)cc1F. The summed E-state index contributed by atoms with van der Waals surface area (Å²) in [5.41, 5.74) is 6.49. The lowest BCUT2D eigenvalue weighted by molar-refractivity contribution is 0.619.